The molecule has 32 heavy (non-hydrogen) atoms. The molecule has 4 rings (SSSR count). The van der Waals surface area contributed by atoms with Crippen LogP contribution in [-0.2, 0) is 4.79 Å². The first kappa shape index (κ1) is 21.5. The number of nitrogens with zero attached hydrogens (tertiary/aromatic N) is 3. The van der Waals surface area contributed by atoms with E-state index in [1.807, 2.05) is 0 Å². The fourth-order valence-corrected chi connectivity index (χ4v) is 4.09. The van der Waals surface area contributed by atoms with Gasteiger partial charge in [0.15, 0.2) is 0 Å². The van der Waals surface area contributed by atoms with Crippen molar-refractivity contribution in [3.63, 3.8) is 0 Å². The molecule has 3 amide bonds. The number of likely N-dealkylation sites (tertiary alicyclic amines) is 1. The Morgan fingerprint density at radius 2 is 2.09 bits per heavy atom. The van der Waals surface area contributed by atoms with Gasteiger partial charge in [0.05, 0.1) is 16.8 Å². The molecule has 3 N–H and O–H groups in total. The molecule has 2 aliphatic rings. The Balaban J connectivity index is 1.44. The van der Waals surface area contributed by atoms with Gasteiger partial charge in [-0.25, -0.2) is 9.78 Å². The van der Waals surface area contributed by atoms with E-state index in [4.69, 9.17) is 10.1 Å². The Bertz CT molecular complexity index is 1090. The second kappa shape index (κ2) is 8.78. The zero-order chi connectivity index (χ0) is 22.7. The molecule has 2 aromatic heterocycles. The van der Waals surface area contributed by atoms with Crippen molar-refractivity contribution in [2.75, 3.05) is 18.9 Å². The fourth-order valence-electron chi connectivity index (χ4n) is 4.09. The second-order valence-corrected chi connectivity index (χ2v) is 8.06. The summed E-state index contributed by atoms with van der Waals surface area (Å²) in [6.07, 6.45) is 8.05. The van der Waals surface area contributed by atoms with E-state index in [2.05, 4.69) is 20.6 Å². The Morgan fingerprint density at radius 3 is 2.72 bits per heavy atom. The summed E-state index contributed by atoms with van der Waals surface area (Å²) in [5, 5.41) is 13.1. The number of pyridine rings is 2. The number of carbonyl (C=O) groups excluding carboxylic acids is 2. The third-order valence-corrected chi connectivity index (χ3v) is 6.05. The molecule has 2 fully saturated rings. The quantitative estimate of drug-likeness (QED) is 0.596. The number of ether oxygens (including phenoxy) is 1. The highest BCUT2D eigenvalue weighted by atomic mass is 16.5. The van der Waals surface area contributed by atoms with Crippen molar-refractivity contribution < 1.29 is 14.3 Å². The summed E-state index contributed by atoms with van der Waals surface area (Å²) in [6, 6.07) is 6.38. The minimum Gasteiger partial charge on any atom is -0.455 e. The average Bonchev–Trinajstić information content (AvgIpc) is 3.12. The van der Waals surface area contributed by atoms with Crippen molar-refractivity contribution >= 4 is 29.5 Å². The summed E-state index contributed by atoms with van der Waals surface area (Å²) in [4.78, 5) is 35.2. The van der Waals surface area contributed by atoms with Gasteiger partial charge in [-0.2, -0.15) is 0 Å². The summed E-state index contributed by atoms with van der Waals surface area (Å²) >= 11 is 0. The van der Waals surface area contributed by atoms with Gasteiger partial charge in [-0.05, 0) is 44.4 Å². The number of aryl methyl sites for hydroxylation is 1. The molecule has 2 aromatic rings. The van der Waals surface area contributed by atoms with E-state index < -0.39 is 6.03 Å². The zero-order valence-electron chi connectivity index (χ0n) is 18.1. The summed E-state index contributed by atoms with van der Waals surface area (Å²) in [5.41, 5.74) is 1.50. The number of rotatable bonds is 6. The number of allylic oxidation sites excluding steroid dienone is 1. The molecule has 0 bridgehead atoms. The van der Waals surface area contributed by atoms with Gasteiger partial charge in [0.25, 0.3) is 0 Å². The maximum absolute atomic E-state index is 12.6. The Hall–Kier alpha value is -3.75. The Morgan fingerprint density at radius 1 is 1.28 bits per heavy atom. The second-order valence-electron chi connectivity index (χ2n) is 8.06. The molecule has 0 atom stereocenters. The van der Waals surface area contributed by atoms with E-state index in [1.54, 1.807) is 50.6 Å². The summed E-state index contributed by atoms with van der Waals surface area (Å²) in [7, 11) is 1.75. The van der Waals surface area contributed by atoms with Gasteiger partial charge in [-0.3, -0.25) is 20.0 Å². The SMILES string of the molecule is CN/C=C(\C=N)c1cc(Oc2ccc(NC(=O)N3CCC4(CCC4)C3=O)nc2C)ccn1. The molecule has 0 unspecified atom stereocenters. The van der Waals surface area contributed by atoms with E-state index in [-0.39, 0.29) is 11.3 Å². The number of nitrogens with one attached hydrogen (secondary N) is 3. The van der Waals surface area contributed by atoms with E-state index in [1.165, 1.54) is 11.1 Å². The smallest absolute Gasteiger partial charge is 0.329 e. The summed E-state index contributed by atoms with van der Waals surface area (Å²) in [5.74, 6) is 1.37. The van der Waals surface area contributed by atoms with Gasteiger partial charge in [0.2, 0.25) is 5.91 Å². The molecular weight excluding hydrogens is 408 g/mol. The van der Waals surface area contributed by atoms with Gasteiger partial charge in [0, 0.05) is 43.8 Å². The van der Waals surface area contributed by atoms with Crippen LogP contribution >= 0.6 is 0 Å². The number of hydrogen-bond donors (Lipinski definition) is 3. The molecule has 9 nitrogen and oxygen atoms in total. The lowest BCUT2D eigenvalue weighted by Crippen LogP contribution is -2.43. The van der Waals surface area contributed by atoms with Crippen molar-refractivity contribution in [2.45, 2.75) is 32.6 Å². The van der Waals surface area contributed by atoms with Crippen LogP contribution in [0.2, 0.25) is 0 Å². The van der Waals surface area contributed by atoms with Crippen LogP contribution in [0.5, 0.6) is 11.5 Å². The van der Waals surface area contributed by atoms with Crippen molar-refractivity contribution in [2.24, 2.45) is 5.41 Å². The highest BCUT2D eigenvalue weighted by molar-refractivity contribution is 6.07. The van der Waals surface area contributed by atoms with Crippen LogP contribution in [-0.4, -0.2) is 46.6 Å². The lowest BCUT2D eigenvalue weighted by molar-refractivity contribution is -0.137. The standard InChI is InChI=1S/C23H26N6O3/c1-15-19(32-17-6-10-26-18(12-17)16(13-24)14-25-2)4-5-20(27-15)28-22(31)29-11-9-23(21(29)30)7-3-8-23/h4-6,10,12-14,24-25H,3,7-9,11H2,1-2H3,(H,27,28,31)/b16-14+,24-13?. The largest absolute Gasteiger partial charge is 0.455 e. The lowest BCUT2D eigenvalue weighted by atomic mass is 9.68. The highest BCUT2D eigenvalue weighted by Crippen LogP contribution is 2.49. The van der Waals surface area contributed by atoms with E-state index in [9.17, 15) is 9.59 Å². The average molecular weight is 435 g/mol. The van der Waals surface area contributed by atoms with Crippen LogP contribution < -0.4 is 15.4 Å². The summed E-state index contributed by atoms with van der Waals surface area (Å²) < 4.78 is 5.95. The summed E-state index contributed by atoms with van der Waals surface area (Å²) in [6.45, 7) is 2.23. The zero-order valence-corrected chi connectivity index (χ0v) is 18.1. The van der Waals surface area contributed by atoms with Crippen LogP contribution in [0.1, 0.15) is 37.1 Å². The highest BCUT2D eigenvalue weighted by Gasteiger charge is 2.52. The molecule has 1 saturated carbocycles. The predicted molar refractivity (Wildman–Crippen MR) is 121 cm³/mol. The molecule has 0 radical (unpaired) electrons. The lowest BCUT2D eigenvalue weighted by Gasteiger charge is -2.35. The molecule has 1 spiro atoms. The number of amides is 3. The Kier molecular flexibility index (Phi) is 5.89. The minimum atomic E-state index is -0.436. The number of aromatic nitrogens is 2. The first-order valence-corrected chi connectivity index (χ1v) is 10.6. The van der Waals surface area contributed by atoms with Gasteiger partial charge in [0.1, 0.15) is 17.3 Å². The van der Waals surface area contributed by atoms with E-state index in [0.29, 0.717) is 40.8 Å². The minimum absolute atomic E-state index is 0.0666. The van der Waals surface area contributed by atoms with Crippen molar-refractivity contribution in [3.8, 4) is 11.5 Å². The molecular formula is C23H26N6O3. The van der Waals surface area contributed by atoms with Crippen LogP contribution in [0, 0.1) is 17.7 Å². The number of hydrogen-bond acceptors (Lipinski definition) is 7. The van der Waals surface area contributed by atoms with E-state index in [0.717, 1.165) is 25.7 Å². The van der Waals surface area contributed by atoms with Crippen molar-refractivity contribution in [1.82, 2.24) is 20.2 Å². The van der Waals surface area contributed by atoms with Gasteiger partial charge in [-0.15, -0.1) is 0 Å². The van der Waals surface area contributed by atoms with Crippen LogP contribution in [0.3, 0.4) is 0 Å². The molecule has 1 aliphatic heterocycles. The van der Waals surface area contributed by atoms with Gasteiger partial charge >= 0.3 is 6.03 Å². The number of anilines is 1. The van der Waals surface area contributed by atoms with Crippen LogP contribution in [0.4, 0.5) is 10.6 Å². The Labute approximate surface area is 186 Å². The van der Waals surface area contributed by atoms with Crippen molar-refractivity contribution in [3.05, 3.63) is 48.1 Å². The third-order valence-electron chi connectivity index (χ3n) is 6.05. The number of imide groups is 1. The number of carbonyl (C=O) groups is 2. The number of urea groups is 1. The van der Waals surface area contributed by atoms with Crippen LogP contribution in [0.15, 0.2) is 36.7 Å². The topological polar surface area (TPSA) is 120 Å². The van der Waals surface area contributed by atoms with Crippen LogP contribution in [0.25, 0.3) is 5.57 Å². The predicted octanol–water partition coefficient (Wildman–Crippen LogP) is 3.72. The fraction of sp³-hybridized carbons (Fsp3) is 0.348. The van der Waals surface area contributed by atoms with Gasteiger partial charge in [-0.1, -0.05) is 6.42 Å². The molecule has 1 saturated heterocycles. The molecule has 166 valence electrons. The first-order valence-electron chi connectivity index (χ1n) is 10.6. The molecule has 3 heterocycles. The maximum atomic E-state index is 12.6. The molecule has 9 heteroatoms. The molecule has 0 aromatic carbocycles. The molecule has 1 aliphatic carbocycles. The normalized spacial score (nSPS) is 17.1. The first-order chi connectivity index (χ1) is 15.5. The maximum Gasteiger partial charge on any atom is 0.329 e. The van der Waals surface area contributed by atoms with Crippen molar-refractivity contribution in [1.29, 1.82) is 5.41 Å². The van der Waals surface area contributed by atoms with Gasteiger partial charge < -0.3 is 15.5 Å². The monoisotopic (exact) mass is 434 g/mol. The third kappa shape index (κ3) is 4.05. The van der Waals surface area contributed by atoms with E-state index >= 15 is 0 Å².